The van der Waals surface area contributed by atoms with Crippen LogP contribution < -0.4 is 0 Å². The number of carboxylic acid groups (broad SMARTS) is 1. The number of carbonyl (C=O) groups excluding carboxylic acids is 1. The number of amides is 2. The van der Waals surface area contributed by atoms with E-state index in [4.69, 9.17) is 5.11 Å². The zero-order valence-corrected chi connectivity index (χ0v) is 11.3. The largest absolute Gasteiger partial charge is 0.480 e. The minimum absolute atomic E-state index is 0.0284. The Morgan fingerprint density at radius 1 is 1.11 bits per heavy atom. The molecule has 0 aromatic rings. The average Bonchev–Trinajstić information content (AvgIpc) is 3.14. The van der Waals surface area contributed by atoms with Crippen molar-refractivity contribution in [3.8, 4) is 0 Å². The monoisotopic (exact) mass is 266 g/mol. The van der Waals surface area contributed by atoms with Crippen LogP contribution in [0, 0.1) is 5.92 Å². The number of nitrogens with zero attached hydrogens (tertiary/aromatic N) is 2. The Kier molecular flexibility index (Phi) is 3.37. The Morgan fingerprint density at radius 2 is 1.84 bits per heavy atom. The summed E-state index contributed by atoms with van der Waals surface area (Å²) in [6.45, 7) is 0.675. The van der Waals surface area contributed by atoms with Crippen molar-refractivity contribution in [2.45, 2.75) is 57.0 Å². The molecule has 3 rings (SSSR count). The van der Waals surface area contributed by atoms with Crippen LogP contribution in [0.25, 0.3) is 0 Å². The van der Waals surface area contributed by atoms with Gasteiger partial charge in [-0.1, -0.05) is 12.8 Å². The van der Waals surface area contributed by atoms with Crippen molar-refractivity contribution in [3.05, 3.63) is 0 Å². The fourth-order valence-corrected chi connectivity index (χ4v) is 3.69. The zero-order valence-electron chi connectivity index (χ0n) is 11.3. The van der Waals surface area contributed by atoms with Crippen molar-refractivity contribution in [1.29, 1.82) is 0 Å². The van der Waals surface area contributed by atoms with E-state index in [0.29, 0.717) is 12.0 Å². The van der Waals surface area contributed by atoms with Crippen molar-refractivity contribution in [2.75, 3.05) is 13.1 Å². The molecule has 0 bridgehead atoms. The van der Waals surface area contributed by atoms with E-state index in [1.807, 2.05) is 4.90 Å². The number of rotatable bonds is 3. The molecule has 2 saturated carbocycles. The molecule has 5 heteroatoms. The fourth-order valence-electron chi connectivity index (χ4n) is 3.69. The van der Waals surface area contributed by atoms with Gasteiger partial charge in [0.15, 0.2) is 0 Å². The molecule has 3 fully saturated rings. The lowest BCUT2D eigenvalue weighted by Crippen LogP contribution is -2.49. The SMILES string of the molecule is O=C(O)CN(C(=O)N1CCC2CCCCC21)C1CC1. The van der Waals surface area contributed by atoms with Crippen LogP contribution in [-0.2, 0) is 4.79 Å². The molecule has 1 saturated heterocycles. The van der Waals surface area contributed by atoms with Gasteiger partial charge in [0.25, 0.3) is 0 Å². The van der Waals surface area contributed by atoms with Crippen LogP contribution in [0.3, 0.4) is 0 Å². The second-order valence-corrected chi connectivity index (χ2v) is 6.13. The highest BCUT2D eigenvalue weighted by Crippen LogP contribution is 2.38. The highest BCUT2D eigenvalue weighted by atomic mass is 16.4. The molecule has 2 aliphatic carbocycles. The van der Waals surface area contributed by atoms with Gasteiger partial charge in [0.2, 0.25) is 0 Å². The highest BCUT2D eigenvalue weighted by Gasteiger charge is 2.43. The van der Waals surface area contributed by atoms with Crippen LogP contribution in [-0.4, -0.2) is 52.1 Å². The molecule has 3 aliphatic rings. The molecule has 1 N–H and O–H groups in total. The molecule has 0 spiro atoms. The van der Waals surface area contributed by atoms with E-state index in [2.05, 4.69) is 0 Å². The third-order valence-electron chi connectivity index (χ3n) is 4.79. The summed E-state index contributed by atoms with van der Waals surface area (Å²) in [6.07, 6.45) is 7.83. The Labute approximate surface area is 113 Å². The first kappa shape index (κ1) is 12.8. The second kappa shape index (κ2) is 5.02. The molecule has 0 aromatic heterocycles. The average molecular weight is 266 g/mol. The summed E-state index contributed by atoms with van der Waals surface area (Å²) in [5.41, 5.74) is 0. The van der Waals surface area contributed by atoms with Crippen LogP contribution >= 0.6 is 0 Å². The lowest BCUT2D eigenvalue weighted by Gasteiger charge is -2.35. The van der Waals surface area contributed by atoms with Gasteiger partial charge >= 0.3 is 12.0 Å². The molecular formula is C14H22N2O3. The van der Waals surface area contributed by atoms with Crippen LogP contribution in [0.4, 0.5) is 4.79 Å². The lowest BCUT2D eigenvalue weighted by atomic mass is 9.85. The van der Waals surface area contributed by atoms with Crippen molar-refractivity contribution >= 4 is 12.0 Å². The summed E-state index contributed by atoms with van der Waals surface area (Å²) in [5.74, 6) is -0.247. The molecule has 1 aliphatic heterocycles. The molecule has 0 aromatic carbocycles. The van der Waals surface area contributed by atoms with E-state index in [1.54, 1.807) is 4.90 Å². The van der Waals surface area contributed by atoms with Crippen LogP contribution in [0.5, 0.6) is 0 Å². The maximum absolute atomic E-state index is 12.6. The van der Waals surface area contributed by atoms with Gasteiger partial charge in [0, 0.05) is 18.6 Å². The van der Waals surface area contributed by atoms with E-state index in [0.717, 1.165) is 32.2 Å². The molecule has 0 radical (unpaired) electrons. The fraction of sp³-hybridized carbons (Fsp3) is 0.857. The van der Waals surface area contributed by atoms with Gasteiger partial charge in [0.1, 0.15) is 6.54 Å². The number of carbonyl (C=O) groups is 2. The molecular weight excluding hydrogens is 244 g/mol. The first-order chi connectivity index (χ1) is 9.16. The first-order valence-electron chi connectivity index (χ1n) is 7.46. The maximum atomic E-state index is 12.6. The van der Waals surface area contributed by atoms with Crippen LogP contribution in [0.15, 0.2) is 0 Å². The highest BCUT2D eigenvalue weighted by molar-refractivity contribution is 5.81. The third-order valence-corrected chi connectivity index (χ3v) is 4.79. The minimum Gasteiger partial charge on any atom is -0.480 e. The summed E-state index contributed by atoms with van der Waals surface area (Å²) in [7, 11) is 0. The van der Waals surface area contributed by atoms with Crippen molar-refractivity contribution in [3.63, 3.8) is 0 Å². The number of aliphatic carboxylic acids is 1. The standard InChI is InChI=1S/C14H22N2O3/c17-13(18)9-16(11-5-6-11)14(19)15-8-7-10-3-1-2-4-12(10)15/h10-12H,1-9H2,(H,17,18). The van der Waals surface area contributed by atoms with E-state index in [-0.39, 0.29) is 18.6 Å². The predicted molar refractivity (Wildman–Crippen MR) is 69.8 cm³/mol. The Morgan fingerprint density at radius 3 is 2.53 bits per heavy atom. The summed E-state index contributed by atoms with van der Waals surface area (Å²) in [4.78, 5) is 27.1. The van der Waals surface area contributed by atoms with E-state index in [1.165, 1.54) is 19.3 Å². The van der Waals surface area contributed by atoms with Gasteiger partial charge in [-0.15, -0.1) is 0 Å². The van der Waals surface area contributed by atoms with E-state index < -0.39 is 5.97 Å². The molecule has 106 valence electrons. The molecule has 2 unspecified atom stereocenters. The van der Waals surface area contributed by atoms with Crippen molar-refractivity contribution in [2.24, 2.45) is 5.92 Å². The van der Waals surface area contributed by atoms with E-state index >= 15 is 0 Å². The molecule has 19 heavy (non-hydrogen) atoms. The number of hydrogen-bond acceptors (Lipinski definition) is 2. The number of likely N-dealkylation sites (tertiary alicyclic amines) is 1. The topological polar surface area (TPSA) is 60.9 Å². The molecule has 5 nitrogen and oxygen atoms in total. The van der Waals surface area contributed by atoms with Crippen molar-refractivity contribution < 1.29 is 14.7 Å². The van der Waals surface area contributed by atoms with Gasteiger partial charge in [0.05, 0.1) is 0 Å². The summed E-state index contributed by atoms with van der Waals surface area (Å²) < 4.78 is 0. The van der Waals surface area contributed by atoms with Gasteiger partial charge in [-0.05, 0) is 38.0 Å². The minimum atomic E-state index is -0.903. The van der Waals surface area contributed by atoms with Crippen LogP contribution in [0.1, 0.15) is 44.9 Å². The third kappa shape index (κ3) is 2.55. The van der Waals surface area contributed by atoms with Gasteiger partial charge in [-0.2, -0.15) is 0 Å². The summed E-state index contributed by atoms with van der Waals surface area (Å²) >= 11 is 0. The van der Waals surface area contributed by atoms with Gasteiger partial charge < -0.3 is 14.9 Å². The number of hydrogen-bond donors (Lipinski definition) is 1. The Hall–Kier alpha value is -1.26. The van der Waals surface area contributed by atoms with Gasteiger partial charge in [-0.25, -0.2) is 4.79 Å². The van der Waals surface area contributed by atoms with Crippen molar-refractivity contribution in [1.82, 2.24) is 9.80 Å². The number of carboxylic acids is 1. The zero-order chi connectivity index (χ0) is 13.4. The number of fused-ring (bicyclic) bond motifs is 1. The second-order valence-electron chi connectivity index (χ2n) is 6.13. The summed E-state index contributed by atoms with van der Waals surface area (Å²) in [5, 5.41) is 8.97. The maximum Gasteiger partial charge on any atom is 0.323 e. The first-order valence-corrected chi connectivity index (χ1v) is 7.46. The molecule has 2 amide bonds. The molecule has 2 atom stereocenters. The lowest BCUT2D eigenvalue weighted by molar-refractivity contribution is -0.137. The quantitative estimate of drug-likeness (QED) is 0.849. The predicted octanol–water partition coefficient (Wildman–Crippen LogP) is 1.92. The van der Waals surface area contributed by atoms with Gasteiger partial charge in [-0.3, -0.25) is 4.79 Å². The Bertz CT molecular complexity index is 381. The normalized spacial score (nSPS) is 30.0. The molecule has 1 heterocycles. The summed E-state index contributed by atoms with van der Waals surface area (Å²) in [6, 6.07) is 0.516. The number of urea groups is 1. The Balaban J connectivity index is 1.69. The smallest absolute Gasteiger partial charge is 0.323 e. The van der Waals surface area contributed by atoms with E-state index in [9.17, 15) is 9.59 Å². The van der Waals surface area contributed by atoms with Crippen LogP contribution in [0.2, 0.25) is 0 Å².